The van der Waals surface area contributed by atoms with E-state index in [1.807, 2.05) is 51.7 Å². The van der Waals surface area contributed by atoms with Gasteiger partial charge in [0.25, 0.3) is 0 Å². The molecule has 1 aliphatic heterocycles. The summed E-state index contributed by atoms with van der Waals surface area (Å²) in [5, 5.41) is 11.7. The van der Waals surface area contributed by atoms with Gasteiger partial charge in [0.15, 0.2) is 5.82 Å². The summed E-state index contributed by atoms with van der Waals surface area (Å²) in [6.07, 6.45) is 1.57. The number of nitrogens with zero attached hydrogens (tertiary/aromatic N) is 5. The van der Waals surface area contributed by atoms with Gasteiger partial charge in [0.1, 0.15) is 12.4 Å². The molecule has 190 valence electrons. The Balaban J connectivity index is 1.61. The van der Waals surface area contributed by atoms with Crippen LogP contribution in [0.5, 0.6) is 0 Å². The van der Waals surface area contributed by atoms with Crippen LogP contribution >= 0.6 is 0 Å². The van der Waals surface area contributed by atoms with Gasteiger partial charge in [0, 0.05) is 43.3 Å². The van der Waals surface area contributed by atoms with Crippen LogP contribution in [0.1, 0.15) is 47.5 Å². The standard InChI is InChI=1S/C26H37FN6O2/c1-6-19(2)33(25(35)28-26(3,4)5)18-24(34)32-15-7-14-31(16-17-32)23-13-12-22(29-30-23)20-8-10-21(27)11-9-20/h8-13,19H,6-7,14-18H2,1-5H3,(H,28,35)/t19-/m0/s1. The largest absolute Gasteiger partial charge is 0.353 e. The molecule has 1 saturated heterocycles. The van der Waals surface area contributed by atoms with Crippen LogP contribution in [0.4, 0.5) is 15.0 Å². The number of hydrogen-bond acceptors (Lipinski definition) is 5. The fourth-order valence-electron chi connectivity index (χ4n) is 3.95. The lowest BCUT2D eigenvalue weighted by Gasteiger charge is -2.33. The molecule has 35 heavy (non-hydrogen) atoms. The number of benzene rings is 1. The molecule has 1 aliphatic rings. The highest BCUT2D eigenvalue weighted by Gasteiger charge is 2.28. The summed E-state index contributed by atoms with van der Waals surface area (Å²) in [7, 11) is 0. The number of carbonyl (C=O) groups is 2. The Morgan fingerprint density at radius 2 is 1.77 bits per heavy atom. The molecule has 9 heteroatoms. The molecule has 1 aromatic heterocycles. The van der Waals surface area contributed by atoms with Crippen molar-refractivity contribution in [1.82, 2.24) is 25.3 Å². The molecule has 0 spiro atoms. The number of anilines is 1. The van der Waals surface area contributed by atoms with E-state index in [0.29, 0.717) is 25.3 Å². The number of amides is 3. The summed E-state index contributed by atoms with van der Waals surface area (Å²) < 4.78 is 13.2. The minimum absolute atomic E-state index is 0.0420. The molecule has 1 atom stereocenters. The van der Waals surface area contributed by atoms with Gasteiger partial charge in [-0.2, -0.15) is 0 Å². The number of urea groups is 1. The van der Waals surface area contributed by atoms with Crippen molar-refractivity contribution < 1.29 is 14.0 Å². The number of nitrogens with one attached hydrogen (secondary N) is 1. The second-order valence-corrected chi connectivity index (χ2v) is 10.1. The fourth-order valence-corrected chi connectivity index (χ4v) is 3.95. The maximum atomic E-state index is 13.2. The first-order valence-electron chi connectivity index (χ1n) is 12.3. The second-order valence-electron chi connectivity index (χ2n) is 10.1. The molecule has 1 aromatic carbocycles. The van der Waals surface area contributed by atoms with Gasteiger partial charge in [0.05, 0.1) is 5.69 Å². The molecule has 0 unspecified atom stereocenters. The van der Waals surface area contributed by atoms with Crippen LogP contribution in [0.3, 0.4) is 0 Å². The lowest BCUT2D eigenvalue weighted by atomic mass is 10.1. The van der Waals surface area contributed by atoms with Gasteiger partial charge in [-0.1, -0.05) is 6.92 Å². The maximum Gasteiger partial charge on any atom is 0.318 e. The predicted molar refractivity (Wildman–Crippen MR) is 136 cm³/mol. The van der Waals surface area contributed by atoms with Crippen molar-refractivity contribution in [1.29, 1.82) is 0 Å². The first-order chi connectivity index (χ1) is 16.6. The first-order valence-corrected chi connectivity index (χ1v) is 12.3. The van der Waals surface area contributed by atoms with Crippen LogP contribution in [0.25, 0.3) is 11.3 Å². The lowest BCUT2D eigenvalue weighted by molar-refractivity contribution is -0.132. The quantitative estimate of drug-likeness (QED) is 0.672. The molecular formula is C26H37FN6O2. The molecule has 1 fully saturated rings. The van der Waals surface area contributed by atoms with Crippen LogP contribution in [0.2, 0.25) is 0 Å². The van der Waals surface area contributed by atoms with Crippen molar-refractivity contribution in [3.05, 3.63) is 42.2 Å². The van der Waals surface area contributed by atoms with Crippen molar-refractivity contribution in [2.75, 3.05) is 37.6 Å². The van der Waals surface area contributed by atoms with Crippen LogP contribution < -0.4 is 10.2 Å². The zero-order valence-corrected chi connectivity index (χ0v) is 21.4. The van der Waals surface area contributed by atoms with Crippen LogP contribution in [-0.2, 0) is 4.79 Å². The summed E-state index contributed by atoms with van der Waals surface area (Å²) in [4.78, 5) is 31.6. The van der Waals surface area contributed by atoms with Crippen molar-refractivity contribution in [3.8, 4) is 11.3 Å². The van der Waals surface area contributed by atoms with E-state index in [0.717, 1.165) is 30.8 Å². The highest BCUT2D eigenvalue weighted by atomic mass is 19.1. The summed E-state index contributed by atoms with van der Waals surface area (Å²) in [6.45, 7) is 12.4. The van der Waals surface area contributed by atoms with E-state index in [2.05, 4.69) is 20.4 Å². The zero-order valence-electron chi connectivity index (χ0n) is 21.4. The van der Waals surface area contributed by atoms with Gasteiger partial charge in [-0.25, -0.2) is 9.18 Å². The van der Waals surface area contributed by atoms with E-state index in [1.54, 1.807) is 17.0 Å². The topological polar surface area (TPSA) is 81.7 Å². The van der Waals surface area contributed by atoms with Gasteiger partial charge in [-0.3, -0.25) is 4.79 Å². The molecule has 1 N–H and O–H groups in total. The monoisotopic (exact) mass is 484 g/mol. The Bertz CT molecular complexity index is 990. The molecule has 0 aliphatic carbocycles. The third-order valence-corrected chi connectivity index (χ3v) is 6.13. The van der Waals surface area contributed by atoms with E-state index in [1.165, 1.54) is 12.1 Å². The minimum Gasteiger partial charge on any atom is -0.353 e. The normalized spacial score (nSPS) is 15.4. The first kappa shape index (κ1) is 26.4. The maximum absolute atomic E-state index is 13.2. The van der Waals surface area contributed by atoms with E-state index in [-0.39, 0.29) is 35.9 Å². The van der Waals surface area contributed by atoms with E-state index >= 15 is 0 Å². The van der Waals surface area contributed by atoms with E-state index in [4.69, 9.17) is 0 Å². The number of aromatic nitrogens is 2. The Morgan fingerprint density at radius 1 is 1.06 bits per heavy atom. The van der Waals surface area contributed by atoms with Crippen LogP contribution in [-0.4, -0.2) is 76.2 Å². The highest BCUT2D eigenvalue weighted by Crippen LogP contribution is 2.20. The summed E-state index contributed by atoms with van der Waals surface area (Å²) in [5.74, 6) is 0.411. The Labute approximate surface area is 207 Å². The predicted octanol–water partition coefficient (Wildman–Crippen LogP) is 3.93. The van der Waals surface area contributed by atoms with Gasteiger partial charge in [-0.05, 0) is 76.9 Å². The van der Waals surface area contributed by atoms with Crippen molar-refractivity contribution in [3.63, 3.8) is 0 Å². The van der Waals surface area contributed by atoms with Crippen LogP contribution in [0, 0.1) is 5.82 Å². The average molecular weight is 485 g/mol. The third-order valence-electron chi connectivity index (χ3n) is 6.13. The Kier molecular flexibility index (Phi) is 8.64. The van der Waals surface area contributed by atoms with Gasteiger partial charge >= 0.3 is 6.03 Å². The van der Waals surface area contributed by atoms with Crippen LogP contribution in [0.15, 0.2) is 36.4 Å². The number of halogens is 1. The summed E-state index contributed by atoms with van der Waals surface area (Å²) >= 11 is 0. The molecular weight excluding hydrogens is 447 g/mol. The molecule has 0 bridgehead atoms. The van der Waals surface area contributed by atoms with Gasteiger partial charge in [0.2, 0.25) is 5.91 Å². The average Bonchev–Trinajstić information content (AvgIpc) is 3.08. The van der Waals surface area contributed by atoms with Crippen molar-refractivity contribution in [2.24, 2.45) is 0 Å². The Morgan fingerprint density at radius 3 is 2.37 bits per heavy atom. The minimum atomic E-state index is -0.373. The third kappa shape index (κ3) is 7.37. The second kappa shape index (κ2) is 11.5. The van der Waals surface area contributed by atoms with E-state index < -0.39 is 0 Å². The molecule has 2 heterocycles. The lowest BCUT2D eigenvalue weighted by Crippen LogP contribution is -2.54. The molecule has 0 saturated carbocycles. The van der Waals surface area contributed by atoms with Crippen molar-refractivity contribution >= 4 is 17.8 Å². The molecule has 0 radical (unpaired) electrons. The summed E-state index contributed by atoms with van der Waals surface area (Å²) in [6, 6.07) is 9.69. The van der Waals surface area contributed by atoms with E-state index in [9.17, 15) is 14.0 Å². The molecule has 8 nitrogen and oxygen atoms in total. The number of carbonyl (C=O) groups excluding carboxylic acids is 2. The van der Waals surface area contributed by atoms with Gasteiger partial charge in [-0.15, -0.1) is 10.2 Å². The molecule has 3 amide bonds. The molecule has 3 rings (SSSR count). The smallest absolute Gasteiger partial charge is 0.318 e. The Hall–Kier alpha value is -3.23. The summed E-state index contributed by atoms with van der Waals surface area (Å²) in [5.41, 5.74) is 1.11. The fraction of sp³-hybridized carbons (Fsp3) is 0.538. The zero-order chi connectivity index (χ0) is 25.6. The van der Waals surface area contributed by atoms with Gasteiger partial charge < -0.3 is 20.0 Å². The molecule has 2 aromatic rings. The highest BCUT2D eigenvalue weighted by molar-refractivity contribution is 5.84. The SMILES string of the molecule is CC[C@H](C)N(CC(=O)N1CCCN(c2ccc(-c3ccc(F)cc3)nn2)CC1)C(=O)NC(C)(C)C. The van der Waals surface area contributed by atoms with Crippen molar-refractivity contribution in [2.45, 2.75) is 59.0 Å². The number of hydrogen-bond donors (Lipinski definition) is 1. The number of rotatable bonds is 6.